The quantitative estimate of drug-likeness (QED) is 0.524. The van der Waals surface area contributed by atoms with Gasteiger partial charge in [0.25, 0.3) is 0 Å². The van der Waals surface area contributed by atoms with E-state index in [2.05, 4.69) is 27.8 Å². The van der Waals surface area contributed by atoms with Gasteiger partial charge in [0.2, 0.25) is 0 Å². The molecule has 1 saturated carbocycles. The fourth-order valence-electron chi connectivity index (χ4n) is 3.37. The minimum Gasteiger partial charge on any atom is -0.489 e. The summed E-state index contributed by atoms with van der Waals surface area (Å²) >= 11 is 0. The molecule has 1 aliphatic rings. The van der Waals surface area contributed by atoms with Crippen LogP contribution in [0.25, 0.3) is 0 Å². The Morgan fingerprint density at radius 1 is 1.34 bits per heavy atom. The number of nitrogens with one attached hydrogen (secondary N) is 2. The molecule has 1 aromatic carbocycles. The third-order valence-electron chi connectivity index (χ3n) is 5.31. The zero-order valence-corrected chi connectivity index (χ0v) is 17.5. The van der Waals surface area contributed by atoms with Crippen molar-refractivity contribution in [3.8, 4) is 5.75 Å². The van der Waals surface area contributed by atoms with Crippen molar-refractivity contribution < 1.29 is 9.13 Å². The van der Waals surface area contributed by atoms with E-state index in [1.807, 2.05) is 18.5 Å². The van der Waals surface area contributed by atoms with Gasteiger partial charge in [-0.1, -0.05) is 25.8 Å². The van der Waals surface area contributed by atoms with E-state index in [9.17, 15) is 4.39 Å². The molecule has 7 nitrogen and oxygen atoms in total. The van der Waals surface area contributed by atoms with Crippen molar-refractivity contribution in [3.63, 3.8) is 0 Å². The van der Waals surface area contributed by atoms with E-state index in [0.29, 0.717) is 24.9 Å². The van der Waals surface area contributed by atoms with Crippen molar-refractivity contribution in [1.82, 2.24) is 25.4 Å². The highest BCUT2D eigenvalue weighted by Crippen LogP contribution is 2.18. The number of ether oxygens (including phenoxy) is 1. The first kappa shape index (κ1) is 21.1. The Morgan fingerprint density at radius 2 is 2.14 bits per heavy atom. The second kappa shape index (κ2) is 10.2. The van der Waals surface area contributed by atoms with Crippen LogP contribution in [0.4, 0.5) is 4.39 Å². The van der Waals surface area contributed by atoms with Crippen molar-refractivity contribution in [2.24, 2.45) is 12.0 Å². The summed E-state index contributed by atoms with van der Waals surface area (Å²) < 4.78 is 21.3. The fraction of sp³-hybridized carbons (Fsp3) is 0.571. The molecule has 1 aliphatic carbocycles. The average Bonchev–Trinajstić information content (AvgIpc) is 3.33. The fourth-order valence-corrected chi connectivity index (χ4v) is 3.37. The maximum atomic E-state index is 13.4. The molecular formula is C21H31FN6O. The monoisotopic (exact) mass is 402 g/mol. The summed E-state index contributed by atoms with van der Waals surface area (Å²) in [4.78, 5) is 4.71. The Hall–Kier alpha value is -2.64. The zero-order chi connectivity index (χ0) is 20.6. The number of aryl methyl sites for hydroxylation is 1. The molecule has 1 fully saturated rings. The summed E-state index contributed by atoms with van der Waals surface area (Å²) in [5, 5.41) is 15.2. The van der Waals surface area contributed by atoms with Crippen LogP contribution in [-0.2, 0) is 13.6 Å². The highest BCUT2D eigenvalue weighted by molar-refractivity contribution is 5.80. The zero-order valence-electron chi connectivity index (χ0n) is 17.5. The van der Waals surface area contributed by atoms with E-state index in [0.717, 1.165) is 36.9 Å². The molecule has 0 saturated heterocycles. The molecule has 1 heterocycles. The maximum absolute atomic E-state index is 13.4. The topological polar surface area (TPSA) is 76.4 Å². The molecule has 0 aliphatic heterocycles. The molecule has 0 bridgehead atoms. The van der Waals surface area contributed by atoms with Crippen LogP contribution in [-0.4, -0.2) is 39.4 Å². The first-order valence-electron chi connectivity index (χ1n) is 10.4. The molecule has 0 radical (unpaired) electrons. The minimum absolute atomic E-state index is 0.0931. The van der Waals surface area contributed by atoms with Crippen molar-refractivity contribution >= 4 is 5.96 Å². The van der Waals surface area contributed by atoms with Crippen LogP contribution in [0.3, 0.4) is 0 Å². The van der Waals surface area contributed by atoms with Gasteiger partial charge >= 0.3 is 0 Å². The number of guanidine groups is 1. The van der Waals surface area contributed by atoms with Crippen LogP contribution < -0.4 is 15.4 Å². The maximum Gasteiger partial charge on any atom is 0.192 e. The summed E-state index contributed by atoms with van der Waals surface area (Å²) in [6, 6.07) is 6.68. The molecule has 0 amide bonds. The van der Waals surface area contributed by atoms with Crippen molar-refractivity contribution in [3.05, 3.63) is 41.7 Å². The highest BCUT2D eigenvalue weighted by atomic mass is 19.1. The SMILES string of the molecule is CCC(CNC(=NCc1nnc(C)n1C)NC1CCCC1)Oc1cccc(F)c1. The van der Waals surface area contributed by atoms with Gasteiger partial charge in [0.15, 0.2) is 11.8 Å². The van der Waals surface area contributed by atoms with Crippen LogP contribution in [0.1, 0.15) is 50.7 Å². The van der Waals surface area contributed by atoms with Crippen LogP contribution in [0.2, 0.25) is 0 Å². The number of hydrogen-bond acceptors (Lipinski definition) is 4. The third-order valence-corrected chi connectivity index (χ3v) is 5.31. The van der Waals surface area contributed by atoms with Crippen molar-refractivity contribution in [1.29, 1.82) is 0 Å². The number of benzene rings is 1. The third kappa shape index (κ3) is 6.17. The molecule has 1 atom stereocenters. The number of hydrogen-bond donors (Lipinski definition) is 2. The minimum atomic E-state index is -0.297. The molecule has 8 heteroatoms. The van der Waals surface area contributed by atoms with E-state index in [-0.39, 0.29) is 11.9 Å². The lowest BCUT2D eigenvalue weighted by Crippen LogP contribution is -2.45. The molecule has 0 spiro atoms. The van der Waals surface area contributed by atoms with Gasteiger partial charge in [0, 0.05) is 19.2 Å². The normalized spacial score (nSPS) is 16.1. The number of aromatic nitrogens is 3. The van der Waals surface area contributed by atoms with E-state index in [1.54, 1.807) is 12.1 Å². The predicted octanol–water partition coefficient (Wildman–Crippen LogP) is 3.10. The Bertz CT molecular complexity index is 815. The van der Waals surface area contributed by atoms with Gasteiger partial charge in [-0.3, -0.25) is 0 Å². The van der Waals surface area contributed by atoms with Gasteiger partial charge in [-0.05, 0) is 38.3 Å². The lowest BCUT2D eigenvalue weighted by molar-refractivity contribution is 0.198. The molecular weight excluding hydrogens is 371 g/mol. The number of halogens is 1. The van der Waals surface area contributed by atoms with Crippen LogP contribution in [0.15, 0.2) is 29.3 Å². The van der Waals surface area contributed by atoms with Crippen LogP contribution in [0, 0.1) is 12.7 Å². The van der Waals surface area contributed by atoms with Gasteiger partial charge in [-0.15, -0.1) is 10.2 Å². The summed E-state index contributed by atoms with van der Waals surface area (Å²) in [5.74, 6) is 2.67. The second-order valence-corrected chi connectivity index (χ2v) is 7.50. The first-order valence-corrected chi connectivity index (χ1v) is 10.4. The molecule has 2 N–H and O–H groups in total. The van der Waals surface area contributed by atoms with E-state index in [4.69, 9.17) is 9.73 Å². The Morgan fingerprint density at radius 3 is 2.79 bits per heavy atom. The highest BCUT2D eigenvalue weighted by Gasteiger charge is 2.17. The number of aliphatic imine (C=N–C) groups is 1. The Labute approximate surface area is 171 Å². The summed E-state index contributed by atoms with van der Waals surface area (Å²) in [7, 11) is 1.94. The Balaban J connectivity index is 1.63. The van der Waals surface area contributed by atoms with Gasteiger partial charge in [0.1, 0.15) is 30.0 Å². The molecule has 29 heavy (non-hydrogen) atoms. The molecule has 1 unspecified atom stereocenters. The summed E-state index contributed by atoms with van der Waals surface area (Å²) in [6.07, 6.45) is 5.50. The van der Waals surface area contributed by atoms with Crippen LogP contribution in [0.5, 0.6) is 5.75 Å². The van der Waals surface area contributed by atoms with E-state index < -0.39 is 0 Å². The van der Waals surface area contributed by atoms with E-state index >= 15 is 0 Å². The second-order valence-electron chi connectivity index (χ2n) is 7.50. The summed E-state index contributed by atoms with van der Waals surface area (Å²) in [6.45, 7) is 4.99. The summed E-state index contributed by atoms with van der Waals surface area (Å²) in [5.41, 5.74) is 0. The van der Waals surface area contributed by atoms with Gasteiger partial charge in [-0.25, -0.2) is 9.38 Å². The van der Waals surface area contributed by atoms with Crippen molar-refractivity contribution in [2.45, 2.75) is 64.6 Å². The van der Waals surface area contributed by atoms with Crippen molar-refractivity contribution in [2.75, 3.05) is 6.54 Å². The van der Waals surface area contributed by atoms with Gasteiger partial charge < -0.3 is 19.9 Å². The lowest BCUT2D eigenvalue weighted by atomic mass is 10.2. The first-order chi connectivity index (χ1) is 14.0. The molecule has 2 aromatic rings. The van der Waals surface area contributed by atoms with Crippen LogP contribution >= 0.6 is 0 Å². The lowest BCUT2D eigenvalue weighted by Gasteiger charge is -2.22. The van der Waals surface area contributed by atoms with Gasteiger partial charge in [0.05, 0.1) is 6.54 Å². The predicted molar refractivity (Wildman–Crippen MR) is 111 cm³/mol. The number of rotatable bonds is 8. The smallest absolute Gasteiger partial charge is 0.192 e. The molecule has 158 valence electrons. The average molecular weight is 403 g/mol. The molecule has 1 aromatic heterocycles. The van der Waals surface area contributed by atoms with Gasteiger partial charge in [-0.2, -0.15) is 0 Å². The Kier molecular flexibility index (Phi) is 7.43. The standard InChI is InChI=1S/C21H31FN6O/c1-4-18(29-19-11-7-8-16(22)12-19)13-23-21(25-17-9-5-6-10-17)24-14-20-27-26-15(2)28(20)3/h7-8,11-12,17-18H,4-6,9-10,13-14H2,1-3H3,(H2,23,24,25). The largest absolute Gasteiger partial charge is 0.489 e. The van der Waals surface area contributed by atoms with E-state index in [1.165, 1.54) is 25.0 Å². The molecule has 3 rings (SSSR count). The number of nitrogens with zero attached hydrogens (tertiary/aromatic N) is 4.